The molecule has 1 atom stereocenters. The molecule has 1 aliphatic carbocycles. The summed E-state index contributed by atoms with van der Waals surface area (Å²) in [4.78, 5) is 20.7. The monoisotopic (exact) mass is 540 g/mol. The molecular weight excluding hydrogens is 488 g/mol. The van der Waals surface area contributed by atoms with Crippen LogP contribution in [0.25, 0.3) is 0 Å². The van der Waals surface area contributed by atoms with Crippen molar-refractivity contribution >= 4 is 12.1 Å². The molecule has 0 saturated heterocycles. The van der Waals surface area contributed by atoms with Crippen molar-refractivity contribution in [1.82, 2.24) is 0 Å². The maximum Gasteiger partial charge on any atom is 0.503 e. The molecule has 2 N–H and O–H groups in total. The zero-order valence-corrected chi connectivity index (χ0v) is 24.7. The molecule has 1 aromatic carbocycles. The van der Waals surface area contributed by atoms with Crippen molar-refractivity contribution < 1.29 is 24.5 Å². The normalized spacial score (nSPS) is 14.8. The summed E-state index contributed by atoms with van der Waals surface area (Å²) in [7, 11) is 0. The van der Waals surface area contributed by atoms with Gasteiger partial charge >= 0.3 is 6.16 Å². The van der Waals surface area contributed by atoms with Gasteiger partial charge in [0, 0.05) is 11.5 Å². The van der Waals surface area contributed by atoms with Crippen LogP contribution in [0.5, 0.6) is 0 Å². The van der Waals surface area contributed by atoms with Gasteiger partial charge in [-0.1, -0.05) is 121 Å². The third-order valence-corrected chi connectivity index (χ3v) is 7.21. The molecule has 1 aromatic rings. The van der Waals surface area contributed by atoms with Crippen molar-refractivity contribution in [2.45, 2.75) is 129 Å². The number of allylic oxidation sites excluding steroid dienone is 4. The highest BCUT2D eigenvalue weighted by Crippen LogP contribution is 2.43. The van der Waals surface area contributed by atoms with Crippen molar-refractivity contribution in [2.24, 2.45) is 0 Å². The van der Waals surface area contributed by atoms with Crippen molar-refractivity contribution in [3.05, 3.63) is 64.4 Å². The van der Waals surface area contributed by atoms with Gasteiger partial charge in [0.15, 0.2) is 0 Å². The molecule has 0 bridgehead atoms. The topological polar surface area (TPSA) is 83.8 Å². The Labute approximate surface area is 237 Å². The molecule has 0 radical (unpaired) electrons. The zero-order chi connectivity index (χ0) is 28.7. The van der Waals surface area contributed by atoms with E-state index in [-0.39, 0.29) is 5.92 Å². The molecule has 0 aromatic heterocycles. The van der Waals surface area contributed by atoms with Gasteiger partial charge < -0.3 is 14.9 Å². The van der Waals surface area contributed by atoms with Gasteiger partial charge in [0.25, 0.3) is 0 Å². The molecule has 1 aliphatic rings. The van der Waals surface area contributed by atoms with E-state index >= 15 is 0 Å². The SMILES string of the molecule is CCCCCCCCCC1=CC(=C=O)C(c2ccccc2)C(CCCCCCCCC)=C1OCC.O=C(O)O. The lowest BCUT2D eigenvalue weighted by atomic mass is 9.76. The molecule has 1 unspecified atom stereocenters. The van der Waals surface area contributed by atoms with E-state index in [1.165, 1.54) is 93.8 Å². The Morgan fingerprint density at radius 2 is 1.26 bits per heavy atom. The van der Waals surface area contributed by atoms with Crippen LogP contribution in [0, 0.1) is 0 Å². The van der Waals surface area contributed by atoms with E-state index in [4.69, 9.17) is 19.7 Å². The van der Waals surface area contributed by atoms with Crippen molar-refractivity contribution in [3.63, 3.8) is 0 Å². The molecule has 0 amide bonds. The second kappa shape index (κ2) is 22.1. The minimum absolute atomic E-state index is 0.0341. The Morgan fingerprint density at radius 3 is 1.74 bits per heavy atom. The van der Waals surface area contributed by atoms with Crippen LogP contribution in [0.4, 0.5) is 4.79 Å². The average molecular weight is 541 g/mol. The van der Waals surface area contributed by atoms with E-state index in [2.05, 4.69) is 57.1 Å². The maximum atomic E-state index is 12.2. The zero-order valence-electron chi connectivity index (χ0n) is 24.7. The lowest BCUT2D eigenvalue weighted by Crippen LogP contribution is -2.16. The molecule has 5 heteroatoms. The number of carboxylic acid groups (broad SMARTS) is 2. The van der Waals surface area contributed by atoms with Gasteiger partial charge in [-0.3, -0.25) is 0 Å². The molecule has 2 rings (SSSR count). The molecule has 0 aliphatic heterocycles. The van der Waals surface area contributed by atoms with Gasteiger partial charge in [-0.05, 0) is 55.4 Å². The van der Waals surface area contributed by atoms with E-state index in [0.717, 1.165) is 37.0 Å². The summed E-state index contributed by atoms with van der Waals surface area (Å²) in [6, 6.07) is 10.5. The number of hydrogen-bond donors (Lipinski definition) is 2. The van der Waals surface area contributed by atoms with Crippen LogP contribution >= 0.6 is 0 Å². The minimum atomic E-state index is -1.83. The largest absolute Gasteiger partial charge is 0.503 e. The van der Waals surface area contributed by atoms with E-state index < -0.39 is 6.16 Å². The number of benzene rings is 1. The van der Waals surface area contributed by atoms with E-state index in [0.29, 0.717) is 6.61 Å². The van der Waals surface area contributed by atoms with Gasteiger partial charge in [-0.25, -0.2) is 9.59 Å². The molecule has 218 valence electrons. The molecule has 5 nitrogen and oxygen atoms in total. The number of carbonyl (C=O) groups is 1. The first kappa shape index (κ1) is 34.2. The summed E-state index contributed by atoms with van der Waals surface area (Å²) in [6.45, 7) is 7.27. The van der Waals surface area contributed by atoms with E-state index in [1.807, 2.05) is 6.07 Å². The fourth-order valence-corrected chi connectivity index (χ4v) is 5.29. The summed E-state index contributed by atoms with van der Waals surface area (Å²) in [5.74, 6) is 3.36. The summed E-state index contributed by atoms with van der Waals surface area (Å²) in [6.07, 6.45) is 20.3. The highest BCUT2D eigenvalue weighted by atomic mass is 16.6. The number of carbonyl (C=O) groups excluding carboxylic acids is 1. The van der Waals surface area contributed by atoms with Crippen molar-refractivity contribution in [3.8, 4) is 0 Å². The van der Waals surface area contributed by atoms with Gasteiger partial charge in [0.1, 0.15) is 11.7 Å². The van der Waals surface area contributed by atoms with Crippen LogP contribution in [0.3, 0.4) is 0 Å². The van der Waals surface area contributed by atoms with Crippen LogP contribution in [0.1, 0.15) is 135 Å². The molecule has 0 spiro atoms. The number of rotatable bonds is 19. The Hall–Kier alpha value is -2.78. The van der Waals surface area contributed by atoms with Crippen LogP contribution in [-0.2, 0) is 9.53 Å². The van der Waals surface area contributed by atoms with Crippen molar-refractivity contribution in [1.29, 1.82) is 0 Å². The first-order valence-corrected chi connectivity index (χ1v) is 15.3. The second-order valence-corrected chi connectivity index (χ2v) is 10.4. The van der Waals surface area contributed by atoms with E-state index in [9.17, 15) is 4.79 Å². The predicted octanol–water partition coefficient (Wildman–Crippen LogP) is 10.3. The lowest BCUT2D eigenvalue weighted by Gasteiger charge is -2.30. The quantitative estimate of drug-likeness (QED) is 0.135. The molecule has 0 fully saturated rings. The first-order valence-electron chi connectivity index (χ1n) is 15.3. The highest BCUT2D eigenvalue weighted by Gasteiger charge is 2.30. The first-order chi connectivity index (χ1) is 19.0. The fraction of sp³-hybridized carbons (Fsp3) is 0.618. The standard InChI is InChI=1S/C33H50O2.CH2O3/c1-4-7-9-11-13-15-18-24-29-26-30(27-34)32(28-22-19-17-20-23-28)31(33(29)35-6-3)25-21-16-14-12-10-8-5-2;2-1(3)4/h17,19-20,22-23,26,32H,4-16,18,21,24-25H2,1-3H3;(H2,2,3,4). The van der Waals surface area contributed by atoms with Crippen LogP contribution in [-0.4, -0.2) is 28.9 Å². The predicted molar refractivity (Wildman–Crippen MR) is 161 cm³/mol. The Kier molecular flexibility index (Phi) is 19.4. The van der Waals surface area contributed by atoms with Gasteiger partial charge in [-0.2, -0.15) is 0 Å². The number of ether oxygens (including phenoxy) is 1. The minimum Gasteiger partial charge on any atom is -0.494 e. The smallest absolute Gasteiger partial charge is 0.494 e. The van der Waals surface area contributed by atoms with E-state index in [1.54, 1.807) is 0 Å². The molecule has 39 heavy (non-hydrogen) atoms. The summed E-state index contributed by atoms with van der Waals surface area (Å²) >= 11 is 0. The molecule has 0 saturated carbocycles. The number of unbranched alkanes of at least 4 members (excludes halogenated alkanes) is 12. The Morgan fingerprint density at radius 1 is 0.769 bits per heavy atom. The second-order valence-electron chi connectivity index (χ2n) is 10.4. The molecular formula is C34H52O5. The van der Waals surface area contributed by atoms with Gasteiger partial charge in [-0.15, -0.1) is 0 Å². The summed E-state index contributed by atoms with van der Waals surface area (Å²) in [5, 5.41) is 13.9. The Bertz CT molecular complexity index is 905. The fourth-order valence-electron chi connectivity index (χ4n) is 5.29. The Balaban J connectivity index is 0.00000177. The van der Waals surface area contributed by atoms with Crippen LogP contribution < -0.4 is 0 Å². The summed E-state index contributed by atoms with van der Waals surface area (Å²) < 4.78 is 6.34. The highest BCUT2D eigenvalue weighted by molar-refractivity contribution is 5.68. The number of hydrogen-bond acceptors (Lipinski definition) is 3. The lowest BCUT2D eigenvalue weighted by molar-refractivity contribution is 0.137. The van der Waals surface area contributed by atoms with Crippen LogP contribution in [0.15, 0.2) is 58.9 Å². The molecule has 0 heterocycles. The van der Waals surface area contributed by atoms with Crippen molar-refractivity contribution in [2.75, 3.05) is 6.61 Å². The van der Waals surface area contributed by atoms with Gasteiger partial charge in [0.2, 0.25) is 0 Å². The third kappa shape index (κ3) is 14.3. The van der Waals surface area contributed by atoms with Crippen LogP contribution in [0.2, 0.25) is 0 Å². The average Bonchev–Trinajstić information content (AvgIpc) is 2.93. The third-order valence-electron chi connectivity index (χ3n) is 7.21. The summed E-state index contributed by atoms with van der Waals surface area (Å²) in [5.41, 5.74) is 4.46. The maximum absolute atomic E-state index is 12.2. The van der Waals surface area contributed by atoms with Gasteiger partial charge in [0.05, 0.1) is 6.61 Å².